The first-order chi connectivity index (χ1) is 18.8. The molecule has 2 fully saturated rings. The maximum absolute atomic E-state index is 12.0. The van der Waals surface area contributed by atoms with E-state index in [1.54, 1.807) is 10.9 Å². The Morgan fingerprint density at radius 1 is 1.10 bits per heavy atom. The normalized spacial score (nSPS) is 25.7. The summed E-state index contributed by atoms with van der Waals surface area (Å²) < 4.78 is 24.8. The number of imidazole rings is 1. The number of aromatic nitrogens is 4. The zero-order chi connectivity index (χ0) is 27.3. The lowest BCUT2D eigenvalue weighted by Gasteiger charge is -2.34. The molecule has 3 aromatic rings. The number of hydrogen-bond acceptors (Lipinski definition) is 10. The van der Waals surface area contributed by atoms with Gasteiger partial charge in [-0.3, -0.25) is 14.2 Å². The Morgan fingerprint density at radius 3 is 2.54 bits per heavy atom. The Bertz CT molecular complexity index is 1420. The van der Waals surface area contributed by atoms with E-state index in [-0.39, 0.29) is 10.7 Å². The van der Waals surface area contributed by atoms with Crippen LogP contribution in [-0.4, -0.2) is 69.5 Å². The molecule has 0 bridgehead atoms. The lowest BCUT2D eigenvalue weighted by Crippen LogP contribution is -2.38. The van der Waals surface area contributed by atoms with Gasteiger partial charge in [0.1, 0.15) is 6.10 Å². The van der Waals surface area contributed by atoms with Crippen molar-refractivity contribution in [2.45, 2.75) is 70.0 Å². The Balaban J connectivity index is 1.44. The van der Waals surface area contributed by atoms with Crippen molar-refractivity contribution < 1.29 is 28.5 Å². The molecule has 2 saturated heterocycles. The molecule has 5 heterocycles. The van der Waals surface area contributed by atoms with Crippen LogP contribution in [0.15, 0.2) is 30.6 Å². The lowest BCUT2D eigenvalue weighted by atomic mass is 9.76. The Kier molecular flexibility index (Phi) is 6.68. The Labute approximate surface area is 230 Å². The third-order valence-electron chi connectivity index (χ3n) is 7.87. The lowest BCUT2D eigenvalue weighted by molar-refractivity contribution is -0.165. The molecule has 0 amide bonds. The molecular weight excluding hydrogens is 526 g/mol. The third-order valence-corrected chi connectivity index (χ3v) is 8.04. The van der Waals surface area contributed by atoms with Gasteiger partial charge < -0.3 is 23.8 Å². The molecule has 0 saturated carbocycles. The van der Waals surface area contributed by atoms with E-state index < -0.39 is 36.5 Å². The first-order valence-electron chi connectivity index (χ1n) is 13.2. The summed E-state index contributed by atoms with van der Waals surface area (Å²) in [5.74, 6) is -0.418. The van der Waals surface area contributed by atoms with Gasteiger partial charge in [-0.25, -0.2) is 4.98 Å². The second-order valence-electron chi connectivity index (χ2n) is 10.3. The fourth-order valence-corrected chi connectivity index (χ4v) is 6.33. The van der Waals surface area contributed by atoms with Gasteiger partial charge in [-0.1, -0.05) is 25.1 Å². The van der Waals surface area contributed by atoms with Crippen molar-refractivity contribution in [3.63, 3.8) is 0 Å². The predicted octanol–water partition coefficient (Wildman–Crippen LogP) is 3.85. The minimum Gasteiger partial charge on any atom is -0.456 e. The summed E-state index contributed by atoms with van der Waals surface area (Å²) in [6, 6.07) is 8.34. The van der Waals surface area contributed by atoms with Gasteiger partial charge in [0.15, 0.2) is 35.4 Å². The molecule has 39 heavy (non-hydrogen) atoms. The molecule has 1 aromatic carbocycles. The second kappa shape index (κ2) is 10.0. The second-order valence-corrected chi connectivity index (χ2v) is 10.6. The summed E-state index contributed by atoms with van der Waals surface area (Å²) in [6.45, 7) is 6.66. The number of carbonyl (C=O) groups excluding carboxylic acids is 2. The fraction of sp³-hybridized carbons (Fsp3) is 0.519. The monoisotopic (exact) mass is 555 g/mol. The zero-order valence-electron chi connectivity index (χ0n) is 22.0. The molecule has 0 N–H and O–H groups in total. The number of fused-ring (bicyclic) bond motifs is 3. The van der Waals surface area contributed by atoms with Gasteiger partial charge in [-0.15, -0.1) is 0 Å². The minimum absolute atomic E-state index is 0.0512. The summed E-state index contributed by atoms with van der Waals surface area (Å²) in [5, 5.41) is 0.0512. The average Bonchev–Trinajstić information content (AvgIpc) is 3.57. The molecule has 0 radical (unpaired) electrons. The van der Waals surface area contributed by atoms with Crippen LogP contribution >= 0.6 is 11.6 Å². The van der Waals surface area contributed by atoms with Crippen molar-refractivity contribution in [1.29, 1.82) is 0 Å². The standard InChI is InChI=1S/C27H30ClN5O6/c1-4-19-21(37-15(2)34)22(38-16(3)35)25(39-19)33-14-29-20-23(30-26(28)31-24(20)33)32-13-27(9-11-36-12-10-27)17-7-5-6-8-18(17)32/h5-8,14,19,21-22,25H,4,9-13H2,1-3H3/t19-,21?,22+,25-/m1/s1. The number of esters is 2. The van der Waals surface area contributed by atoms with Crippen molar-refractivity contribution in [1.82, 2.24) is 19.5 Å². The summed E-state index contributed by atoms with van der Waals surface area (Å²) in [5.41, 5.74) is 3.23. The summed E-state index contributed by atoms with van der Waals surface area (Å²) in [4.78, 5) is 39.9. The van der Waals surface area contributed by atoms with Gasteiger partial charge in [-0.05, 0) is 42.5 Å². The van der Waals surface area contributed by atoms with E-state index in [1.807, 2.05) is 13.0 Å². The first-order valence-corrected chi connectivity index (χ1v) is 13.5. The molecular formula is C27H30ClN5O6. The summed E-state index contributed by atoms with van der Waals surface area (Å²) in [7, 11) is 0. The van der Waals surface area contributed by atoms with Crippen molar-refractivity contribution in [3.05, 3.63) is 41.4 Å². The molecule has 11 nitrogen and oxygen atoms in total. The number of nitrogens with zero attached hydrogens (tertiary/aromatic N) is 5. The van der Waals surface area contributed by atoms with E-state index in [4.69, 9.17) is 35.5 Å². The third kappa shape index (κ3) is 4.42. The number of rotatable bonds is 5. The molecule has 0 aliphatic carbocycles. The number of halogens is 1. The van der Waals surface area contributed by atoms with Crippen molar-refractivity contribution >= 4 is 46.2 Å². The summed E-state index contributed by atoms with van der Waals surface area (Å²) >= 11 is 6.51. The number of para-hydroxylation sites is 1. The molecule has 4 atom stereocenters. The van der Waals surface area contributed by atoms with Gasteiger partial charge in [0.25, 0.3) is 0 Å². The van der Waals surface area contributed by atoms with E-state index in [2.05, 4.69) is 33.1 Å². The zero-order valence-corrected chi connectivity index (χ0v) is 22.8. The molecule has 2 aromatic heterocycles. The van der Waals surface area contributed by atoms with Gasteiger partial charge in [0.2, 0.25) is 5.28 Å². The van der Waals surface area contributed by atoms with E-state index >= 15 is 0 Å². The molecule has 6 rings (SSSR count). The fourth-order valence-electron chi connectivity index (χ4n) is 6.17. The van der Waals surface area contributed by atoms with Crippen LogP contribution in [0.2, 0.25) is 5.28 Å². The minimum atomic E-state index is -0.899. The molecule has 206 valence electrons. The van der Waals surface area contributed by atoms with Crippen LogP contribution < -0.4 is 4.90 Å². The van der Waals surface area contributed by atoms with Crippen molar-refractivity contribution in [3.8, 4) is 0 Å². The predicted molar refractivity (Wildman–Crippen MR) is 141 cm³/mol. The Morgan fingerprint density at radius 2 is 1.82 bits per heavy atom. The number of ether oxygens (including phenoxy) is 4. The topological polar surface area (TPSA) is 118 Å². The van der Waals surface area contributed by atoms with Crippen LogP contribution in [0.1, 0.15) is 51.8 Å². The summed E-state index contributed by atoms with van der Waals surface area (Å²) in [6.07, 6.45) is 0.931. The van der Waals surface area contributed by atoms with Crippen LogP contribution in [0.25, 0.3) is 11.2 Å². The molecule has 12 heteroatoms. The maximum Gasteiger partial charge on any atom is 0.303 e. The largest absolute Gasteiger partial charge is 0.456 e. The van der Waals surface area contributed by atoms with Gasteiger partial charge in [0, 0.05) is 44.7 Å². The quantitative estimate of drug-likeness (QED) is 0.339. The van der Waals surface area contributed by atoms with Crippen molar-refractivity contribution in [2.24, 2.45) is 0 Å². The number of anilines is 2. The van der Waals surface area contributed by atoms with Crippen LogP contribution in [0.5, 0.6) is 0 Å². The van der Waals surface area contributed by atoms with Crippen LogP contribution in [0.4, 0.5) is 11.5 Å². The van der Waals surface area contributed by atoms with E-state index in [9.17, 15) is 9.59 Å². The van der Waals surface area contributed by atoms with Crippen molar-refractivity contribution in [2.75, 3.05) is 24.7 Å². The van der Waals surface area contributed by atoms with Gasteiger partial charge in [0.05, 0.1) is 6.33 Å². The number of hydrogen-bond donors (Lipinski definition) is 0. The van der Waals surface area contributed by atoms with Gasteiger partial charge >= 0.3 is 11.9 Å². The van der Waals surface area contributed by atoms with E-state index in [1.165, 1.54) is 19.4 Å². The number of benzene rings is 1. The van der Waals surface area contributed by atoms with Gasteiger partial charge in [-0.2, -0.15) is 9.97 Å². The number of carbonyl (C=O) groups is 2. The first kappa shape index (κ1) is 26.0. The maximum atomic E-state index is 12.0. The highest BCUT2D eigenvalue weighted by Gasteiger charge is 2.50. The highest BCUT2D eigenvalue weighted by Crippen LogP contribution is 2.50. The highest BCUT2D eigenvalue weighted by atomic mass is 35.5. The van der Waals surface area contributed by atoms with E-state index in [0.29, 0.717) is 43.2 Å². The van der Waals surface area contributed by atoms with Crippen LogP contribution in [0.3, 0.4) is 0 Å². The van der Waals surface area contributed by atoms with Crippen LogP contribution in [-0.2, 0) is 34.0 Å². The Hall–Kier alpha value is -3.28. The smallest absolute Gasteiger partial charge is 0.303 e. The average molecular weight is 556 g/mol. The SMILES string of the molecule is CC[C@H]1O[C@@H](n2cnc3c(N4CC5(CCOCC5)c5ccccc54)nc(Cl)nc32)[C@@H](OC(C)=O)C1OC(C)=O. The molecule has 1 unspecified atom stereocenters. The highest BCUT2D eigenvalue weighted by molar-refractivity contribution is 6.28. The van der Waals surface area contributed by atoms with Crippen LogP contribution in [0, 0.1) is 0 Å². The molecule has 3 aliphatic heterocycles. The molecule has 3 aliphatic rings. The van der Waals surface area contributed by atoms with E-state index in [0.717, 1.165) is 18.5 Å². The molecule has 1 spiro atoms.